The van der Waals surface area contributed by atoms with Crippen molar-refractivity contribution < 1.29 is 0 Å². The van der Waals surface area contributed by atoms with Crippen molar-refractivity contribution >= 4 is 16.7 Å². The van der Waals surface area contributed by atoms with Crippen molar-refractivity contribution in [2.75, 3.05) is 5.32 Å². The zero-order valence-corrected chi connectivity index (χ0v) is 8.44. The Morgan fingerprint density at radius 2 is 2.06 bits per heavy atom. The SMILES string of the molecule is c1cc(CNc2ccc3n[nH]nc3c2)[nH]n1. The highest BCUT2D eigenvalue weighted by Crippen LogP contribution is 2.15. The molecule has 1 aromatic carbocycles. The minimum absolute atomic E-state index is 0.712. The molecule has 6 nitrogen and oxygen atoms in total. The van der Waals surface area contributed by atoms with E-state index in [4.69, 9.17) is 0 Å². The molecule has 0 fully saturated rings. The van der Waals surface area contributed by atoms with Gasteiger partial charge in [-0.25, -0.2) is 0 Å². The number of hydrogen-bond donors (Lipinski definition) is 3. The van der Waals surface area contributed by atoms with Gasteiger partial charge in [-0.15, -0.1) is 0 Å². The first-order valence-electron chi connectivity index (χ1n) is 4.94. The predicted molar refractivity (Wildman–Crippen MR) is 59.8 cm³/mol. The highest BCUT2D eigenvalue weighted by atomic mass is 15.3. The Morgan fingerprint density at radius 1 is 1.12 bits per heavy atom. The van der Waals surface area contributed by atoms with Crippen molar-refractivity contribution in [3.63, 3.8) is 0 Å². The Kier molecular flexibility index (Phi) is 2.03. The lowest BCUT2D eigenvalue weighted by atomic mass is 10.2. The van der Waals surface area contributed by atoms with Crippen LogP contribution in [0.15, 0.2) is 30.5 Å². The molecular formula is C10H10N6. The van der Waals surface area contributed by atoms with Crippen molar-refractivity contribution in [3.8, 4) is 0 Å². The second-order valence-corrected chi connectivity index (χ2v) is 3.46. The zero-order chi connectivity index (χ0) is 10.8. The van der Waals surface area contributed by atoms with Crippen LogP contribution in [0.3, 0.4) is 0 Å². The number of fused-ring (bicyclic) bond motifs is 1. The normalized spacial score (nSPS) is 10.8. The van der Waals surface area contributed by atoms with Gasteiger partial charge in [0.05, 0.1) is 12.2 Å². The van der Waals surface area contributed by atoms with Crippen LogP contribution in [0.2, 0.25) is 0 Å². The first kappa shape index (κ1) is 8.90. The van der Waals surface area contributed by atoms with Gasteiger partial charge in [-0.2, -0.15) is 20.5 Å². The maximum Gasteiger partial charge on any atom is 0.115 e. The number of nitrogens with zero attached hydrogens (tertiary/aromatic N) is 3. The molecule has 80 valence electrons. The molecule has 6 heteroatoms. The number of aromatic amines is 2. The summed E-state index contributed by atoms with van der Waals surface area (Å²) in [5, 5.41) is 20.7. The third-order valence-electron chi connectivity index (χ3n) is 2.36. The lowest BCUT2D eigenvalue weighted by molar-refractivity contribution is 0.959. The van der Waals surface area contributed by atoms with E-state index in [1.165, 1.54) is 0 Å². The quantitative estimate of drug-likeness (QED) is 0.613. The lowest BCUT2D eigenvalue weighted by Crippen LogP contribution is -1.99. The molecule has 3 aromatic rings. The third-order valence-corrected chi connectivity index (χ3v) is 2.36. The van der Waals surface area contributed by atoms with Crippen molar-refractivity contribution in [1.29, 1.82) is 0 Å². The molecule has 0 radical (unpaired) electrons. The van der Waals surface area contributed by atoms with E-state index >= 15 is 0 Å². The van der Waals surface area contributed by atoms with Crippen LogP contribution in [-0.2, 0) is 6.54 Å². The fraction of sp³-hybridized carbons (Fsp3) is 0.100. The average molecular weight is 214 g/mol. The number of aromatic nitrogens is 5. The summed E-state index contributed by atoms with van der Waals surface area (Å²) in [6.07, 6.45) is 1.73. The summed E-state index contributed by atoms with van der Waals surface area (Å²) in [6, 6.07) is 7.78. The molecule has 0 atom stereocenters. The van der Waals surface area contributed by atoms with Crippen molar-refractivity contribution in [1.82, 2.24) is 25.6 Å². The van der Waals surface area contributed by atoms with Gasteiger partial charge in [-0.05, 0) is 24.3 Å². The van der Waals surface area contributed by atoms with Crippen molar-refractivity contribution in [2.24, 2.45) is 0 Å². The number of anilines is 1. The first-order chi connectivity index (χ1) is 7.92. The minimum atomic E-state index is 0.712. The zero-order valence-electron chi connectivity index (χ0n) is 8.44. The van der Waals surface area contributed by atoms with Crippen LogP contribution >= 0.6 is 0 Å². The monoisotopic (exact) mass is 214 g/mol. The van der Waals surface area contributed by atoms with Gasteiger partial charge in [-0.3, -0.25) is 5.10 Å². The van der Waals surface area contributed by atoms with E-state index in [9.17, 15) is 0 Å². The number of hydrogen-bond acceptors (Lipinski definition) is 4. The largest absolute Gasteiger partial charge is 0.379 e. The Hall–Kier alpha value is -2.37. The number of rotatable bonds is 3. The van der Waals surface area contributed by atoms with E-state index in [0.29, 0.717) is 6.54 Å². The molecule has 3 rings (SSSR count). The van der Waals surface area contributed by atoms with Crippen LogP contribution in [0.1, 0.15) is 5.69 Å². The molecule has 0 spiro atoms. The summed E-state index contributed by atoms with van der Waals surface area (Å²) in [5.74, 6) is 0. The molecule has 0 amide bonds. The topological polar surface area (TPSA) is 82.3 Å². The van der Waals surface area contributed by atoms with E-state index in [-0.39, 0.29) is 0 Å². The Balaban J connectivity index is 1.78. The average Bonchev–Trinajstić information content (AvgIpc) is 2.97. The smallest absolute Gasteiger partial charge is 0.115 e. The number of nitrogens with one attached hydrogen (secondary N) is 3. The summed E-state index contributed by atoms with van der Waals surface area (Å²) < 4.78 is 0. The predicted octanol–water partition coefficient (Wildman–Crippen LogP) is 1.29. The Morgan fingerprint density at radius 3 is 2.94 bits per heavy atom. The summed E-state index contributed by atoms with van der Waals surface area (Å²) in [7, 11) is 0. The van der Waals surface area contributed by atoms with Gasteiger partial charge < -0.3 is 5.32 Å². The molecular weight excluding hydrogens is 204 g/mol. The van der Waals surface area contributed by atoms with Crippen LogP contribution in [0.25, 0.3) is 11.0 Å². The van der Waals surface area contributed by atoms with E-state index < -0.39 is 0 Å². The fourth-order valence-electron chi connectivity index (χ4n) is 1.53. The van der Waals surface area contributed by atoms with Gasteiger partial charge in [0.2, 0.25) is 0 Å². The second kappa shape index (κ2) is 3.65. The van der Waals surface area contributed by atoms with Crippen molar-refractivity contribution in [2.45, 2.75) is 6.54 Å². The number of H-pyrrole nitrogens is 2. The standard InChI is InChI=1S/C10H10N6/c1-2-9-10(15-16-14-9)5-7(1)11-6-8-3-4-12-13-8/h1-5,11H,6H2,(H,12,13)(H,14,15,16). The first-order valence-corrected chi connectivity index (χ1v) is 4.94. The van der Waals surface area contributed by atoms with Gasteiger partial charge in [0.1, 0.15) is 11.0 Å². The van der Waals surface area contributed by atoms with Crippen LogP contribution < -0.4 is 5.32 Å². The molecule has 2 aromatic heterocycles. The maximum absolute atomic E-state index is 4.03. The molecule has 0 saturated heterocycles. The number of benzene rings is 1. The molecule has 0 aliphatic carbocycles. The van der Waals surface area contributed by atoms with Gasteiger partial charge >= 0.3 is 0 Å². The molecule has 2 heterocycles. The molecule has 0 aliphatic rings. The molecule has 3 N–H and O–H groups in total. The lowest BCUT2D eigenvalue weighted by Gasteiger charge is -2.03. The Bertz CT molecular complexity index is 582. The minimum Gasteiger partial charge on any atom is -0.379 e. The van der Waals surface area contributed by atoms with Crippen LogP contribution in [0.5, 0.6) is 0 Å². The summed E-state index contributed by atoms with van der Waals surface area (Å²) in [6.45, 7) is 0.712. The molecule has 0 aliphatic heterocycles. The second-order valence-electron chi connectivity index (χ2n) is 3.46. The van der Waals surface area contributed by atoms with Crippen LogP contribution in [0.4, 0.5) is 5.69 Å². The maximum atomic E-state index is 4.03. The van der Waals surface area contributed by atoms with E-state index in [1.54, 1.807) is 6.20 Å². The summed E-state index contributed by atoms with van der Waals surface area (Å²) in [5.41, 5.74) is 3.78. The van der Waals surface area contributed by atoms with E-state index in [0.717, 1.165) is 22.4 Å². The van der Waals surface area contributed by atoms with Gasteiger partial charge in [0, 0.05) is 11.9 Å². The van der Waals surface area contributed by atoms with Gasteiger partial charge in [0.25, 0.3) is 0 Å². The summed E-state index contributed by atoms with van der Waals surface area (Å²) >= 11 is 0. The molecule has 0 bridgehead atoms. The highest BCUT2D eigenvalue weighted by molar-refractivity contribution is 5.77. The van der Waals surface area contributed by atoms with Crippen molar-refractivity contribution in [3.05, 3.63) is 36.2 Å². The van der Waals surface area contributed by atoms with E-state index in [2.05, 4.69) is 30.9 Å². The molecule has 16 heavy (non-hydrogen) atoms. The Labute approximate surface area is 91.1 Å². The third kappa shape index (κ3) is 1.60. The summed E-state index contributed by atoms with van der Waals surface area (Å²) in [4.78, 5) is 0. The molecule has 0 saturated carbocycles. The van der Waals surface area contributed by atoms with Crippen LogP contribution in [-0.4, -0.2) is 25.6 Å². The molecule has 0 unspecified atom stereocenters. The highest BCUT2D eigenvalue weighted by Gasteiger charge is 1.99. The van der Waals surface area contributed by atoms with Crippen LogP contribution in [0, 0.1) is 0 Å². The van der Waals surface area contributed by atoms with Gasteiger partial charge in [-0.1, -0.05) is 0 Å². The van der Waals surface area contributed by atoms with Gasteiger partial charge in [0.15, 0.2) is 0 Å². The van der Waals surface area contributed by atoms with E-state index in [1.807, 2.05) is 24.3 Å². The fourth-order valence-corrected chi connectivity index (χ4v) is 1.53.